The van der Waals surface area contributed by atoms with Gasteiger partial charge in [0.2, 0.25) is 11.9 Å². The maximum Gasteiger partial charge on any atom is 0.225 e. The Morgan fingerprint density at radius 1 is 1.17 bits per heavy atom. The maximum absolute atomic E-state index is 13.4. The average Bonchev–Trinajstić information content (AvgIpc) is 2.79. The normalized spacial score (nSPS) is 14.6. The lowest BCUT2D eigenvalue weighted by Crippen LogP contribution is -2.50. The summed E-state index contributed by atoms with van der Waals surface area (Å²) in [5.41, 5.74) is 1.58. The van der Waals surface area contributed by atoms with E-state index < -0.39 is 0 Å². The Balaban J connectivity index is 1.37. The van der Waals surface area contributed by atoms with E-state index in [-0.39, 0.29) is 11.7 Å². The summed E-state index contributed by atoms with van der Waals surface area (Å²) in [6, 6.07) is 6.80. The number of aliphatic imine (C=N–C) groups is 1. The van der Waals surface area contributed by atoms with Crippen LogP contribution in [0.5, 0.6) is 0 Å². The first-order chi connectivity index (χ1) is 14.6. The topological polar surface area (TPSA) is 85.8 Å². The van der Waals surface area contributed by atoms with E-state index in [0.29, 0.717) is 50.1 Å². The maximum atomic E-state index is 13.4. The number of halogens is 1. The van der Waals surface area contributed by atoms with Crippen LogP contribution in [-0.4, -0.2) is 66.5 Å². The van der Waals surface area contributed by atoms with Gasteiger partial charge in [-0.15, -0.1) is 0 Å². The Morgan fingerprint density at radius 2 is 1.90 bits per heavy atom. The van der Waals surface area contributed by atoms with E-state index in [1.54, 1.807) is 44.6 Å². The predicted molar refractivity (Wildman–Crippen MR) is 115 cm³/mol. The molecule has 0 atom stereocenters. The number of rotatable bonds is 6. The first kappa shape index (κ1) is 21.5. The minimum Gasteiger partial charge on any atom is -0.356 e. The SMILES string of the molecule is CN=C(NCCC(=O)N1CCN(c2ncccn2)CC1)NCc1ccc(F)c(C)c1. The smallest absolute Gasteiger partial charge is 0.225 e. The summed E-state index contributed by atoms with van der Waals surface area (Å²) in [4.78, 5) is 29.2. The van der Waals surface area contributed by atoms with Crippen molar-refractivity contribution in [1.82, 2.24) is 25.5 Å². The lowest BCUT2D eigenvalue weighted by atomic mass is 10.1. The first-order valence-electron chi connectivity index (χ1n) is 10.1. The van der Waals surface area contributed by atoms with E-state index in [1.807, 2.05) is 4.90 Å². The Morgan fingerprint density at radius 3 is 2.57 bits per heavy atom. The Hall–Kier alpha value is -3.23. The molecule has 1 aromatic carbocycles. The number of aryl methyl sites for hydroxylation is 1. The number of carbonyl (C=O) groups excluding carboxylic acids is 1. The lowest BCUT2D eigenvalue weighted by Gasteiger charge is -2.34. The molecule has 1 saturated heterocycles. The molecule has 1 fully saturated rings. The highest BCUT2D eigenvalue weighted by atomic mass is 19.1. The van der Waals surface area contributed by atoms with Gasteiger partial charge in [-0.25, -0.2) is 14.4 Å². The molecule has 0 aliphatic carbocycles. The van der Waals surface area contributed by atoms with E-state index in [2.05, 4.69) is 30.5 Å². The summed E-state index contributed by atoms with van der Waals surface area (Å²) >= 11 is 0. The van der Waals surface area contributed by atoms with Crippen LogP contribution in [0.4, 0.5) is 10.3 Å². The Kier molecular flexibility index (Phi) is 7.53. The van der Waals surface area contributed by atoms with Gasteiger partial charge in [0.25, 0.3) is 0 Å². The number of amides is 1. The third-order valence-corrected chi connectivity index (χ3v) is 5.00. The van der Waals surface area contributed by atoms with E-state index in [1.165, 1.54) is 6.07 Å². The molecule has 3 rings (SSSR count). The number of hydrogen-bond donors (Lipinski definition) is 2. The molecule has 0 radical (unpaired) electrons. The summed E-state index contributed by atoms with van der Waals surface area (Å²) in [6.45, 7) is 5.53. The molecule has 1 aliphatic heterocycles. The number of benzene rings is 1. The van der Waals surface area contributed by atoms with Gasteiger partial charge in [0, 0.05) is 65.1 Å². The van der Waals surface area contributed by atoms with Crippen molar-refractivity contribution >= 4 is 17.8 Å². The van der Waals surface area contributed by atoms with E-state index in [9.17, 15) is 9.18 Å². The molecule has 0 spiro atoms. The zero-order valence-electron chi connectivity index (χ0n) is 17.4. The first-order valence-corrected chi connectivity index (χ1v) is 10.1. The van der Waals surface area contributed by atoms with Crippen molar-refractivity contribution < 1.29 is 9.18 Å². The fraction of sp³-hybridized carbons (Fsp3) is 0.429. The largest absolute Gasteiger partial charge is 0.356 e. The number of anilines is 1. The summed E-state index contributed by atoms with van der Waals surface area (Å²) < 4.78 is 13.4. The van der Waals surface area contributed by atoms with E-state index in [4.69, 9.17) is 0 Å². The van der Waals surface area contributed by atoms with Crippen LogP contribution in [0.1, 0.15) is 17.5 Å². The molecule has 0 bridgehead atoms. The molecule has 0 saturated carbocycles. The number of aromatic nitrogens is 2. The highest BCUT2D eigenvalue weighted by Crippen LogP contribution is 2.10. The number of carbonyl (C=O) groups is 1. The minimum absolute atomic E-state index is 0.112. The third-order valence-electron chi connectivity index (χ3n) is 5.00. The molecule has 2 N–H and O–H groups in total. The van der Waals surface area contributed by atoms with Crippen LogP contribution in [0.25, 0.3) is 0 Å². The molecular formula is C21H28FN7O. The summed E-state index contributed by atoms with van der Waals surface area (Å²) in [6.07, 6.45) is 3.84. The molecule has 0 unspecified atom stereocenters. The van der Waals surface area contributed by atoms with Crippen LogP contribution in [0, 0.1) is 12.7 Å². The van der Waals surface area contributed by atoms with Gasteiger partial charge in [0.1, 0.15) is 5.82 Å². The number of nitrogens with one attached hydrogen (secondary N) is 2. The molecule has 9 heteroatoms. The summed E-state index contributed by atoms with van der Waals surface area (Å²) in [7, 11) is 1.68. The zero-order chi connectivity index (χ0) is 21.3. The van der Waals surface area contributed by atoms with Crippen molar-refractivity contribution in [2.24, 2.45) is 4.99 Å². The number of piperazine rings is 1. The Labute approximate surface area is 176 Å². The van der Waals surface area contributed by atoms with Gasteiger partial charge in [-0.1, -0.05) is 12.1 Å². The van der Waals surface area contributed by atoms with Crippen LogP contribution in [-0.2, 0) is 11.3 Å². The summed E-state index contributed by atoms with van der Waals surface area (Å²) in [5, 5.41) is 6.34. The highest BCUT2D eigenvalue weighted by Gasteiger charge is 2.22. The second kappa shape index (κ2) is 10.5. The van der Waals surface area contributed by atoms with Gasteiger partial charge in [-0.05, 0) is 30.2 Å². The van der Waals surface area contributed by atoms with Crippen LogP contribution in [0.2, 0.25) is 0 Å². The van der Waals surface area contributed by atoms with Crippen molar-refractivity contribution in [2.75, 3.05) is 44.7 Å². The second-order valence-electron chi connectivity index (χ2n) is 7.10. The van der Waals surface area contributed by atoms with Crippen molar-refractivity contribution in [3.8, 4) is 0 Å². The fourth-order valence-corrected chi connectivity index (χ4v) is 3.28. The van der Waals surface area contributed by atoms with Crippen LogP contribution < -0.4 is 15.5 Å². The van der Waals surface area contributed by atoms with Gasteiger partial charge in [-0.3, -0.25) is 9.79 Å². The van der Waals surface area contributed by atoms with Gasteiger partial charge in [0.05, 0.1) is 0 Å². The van der Waals surface area contributed by atoms with Crippen LogP contribution in [0.15, 0.2) is 41.7 Å². The second-order valence-corrected chi connectivity index (χ2v) is 7.10. The minimum atomic E-state index is -0.211. The van der Waals surface area contributed by atoms with Gasteiger partial charge >= 0.3 is 0 Å². The average molecular weight is 414 g/mol. The standard InChI is InChI=1S/C21H28FN7O/c1-16-14-17(4-5-18(16)22)15-27-20(23-2)24-9-6-19(30)28-10-12-29(13-11-28)21-25-7-3-8-26-21/h3-5,7-8,14H,6,9-13,15H2,1-2H3,(H2,23,24,27). The van der Waals surface area contributed by atoms with Gasteiger partial charge in [0.15, 0.2) is 5.96 Å². The monoisotopic (exact) mass is 413 g/mol. The number of guanidine groups is 1. The molecule has 2 heterocycles. The van der Waals surface area contributed by atoms with Crippen molar-refractivity contribution in [3.63, 3.8) is 0 Å². The molecule has 1 amide bonds. The lowest BCUT2D eigenvalue weighted by molar-refractivity contribution is -0.131. The molecule has 160 valence electrons. The van der Waals surface area contributed by atoms with Crippen molar-refractivity contribution in [3.05, 3.63) is 53.6 Å². The quantitative estimate of drug-likeness (QED) is 0.549. The van der Waals surface area contributed by atoms with Gasteiger partial charge < -0.3 is 20.4 Å². The molecule has 1 aromatic heterocycles. The van der Waals surface area contributed by atoms with Crippen LogP contribution >= 0.6 is 0 Å². The fourth-order valence-electron chi connectivity index (χ4n) is 3.28. The van der Waals surface area contributed by atoms with E-state index in [0.717, 1.165) is 18.7 Å². The molecule has 8 nitrogen and oxygen atoms in total. The molecule has 30 heavy (non-hydrogen) atoms. The number of nitrogens with zero attached hydrogens (tertiary/aromatic N) is 5. The zero-order valence-corrected chi connectivity index (χ0v) is 17.4. The van der Waals surface area contributed by atoms with Gasteiger partial charge in [-0.2, -0.15) is 0 Å². The Bertz CT molecular complexity index is 867. The highest BCUT2D eigenvalue weighted by molar-refractivity contribution is 5.81. The van der Waals surface area contributed by atoms with Crippen molar-refractivity contribution in [1.29, 1.82) is 0 Å². The predicted octanol–water partition coefficient (Wildman–Crippen LogP) is 1.33. The molecular weight excluding hydrogens is 385 g/mol. The molecule has 1 aliphatic rings. The van der Waals surface area contributed by atoms with Crippen molar-refractivity contribution in [2.45, 2.75) is 19.9 Å². The molecule has 2 aromatic rings. The summed E-state index contributed by atoms with van der Waals surface area (Å²) in [5.74, 6) is 1.21. The number of hydrogen-bond acceptors (Lipinski definition) is 5. The van der Waals surface area contributed by atoms with E-state index >= 15 is 0 Å². The van der Waals surface area contributed by atoms with Crippen LogP contribution in [0.3, 0.4) is 0 Å². The third kappa shape index (κ3) is 5.88.